The van der Waals surface area contributed by atoms with Crippen molar-refractivity contribution in [1.29, 1.82) is 0 Å². The average molecular weight is 377 g/mol. The van der Waals surface area contributed by atoms with E-state index in [1.54, 1.807) is 68.7 Å². The monoisotopic (exact) mass is 377 g/mol. The topological polar surface area (TPSA) is 78.5 Å². The van der Waals surface area contributed by atoms with Crippen molar-refractivity contribution >= 4 is 29.5 Å². The zero-order valence-corrected chi connectivity index (χ0v) is 15.9. The van der Waals surface area contributed by atoms with E-state index in [9.17, 15) is 14.4 Å². The fraction of sp³-hybridized carbons (Fsp3) is 0.227. The lowest BCUT2D eigenvalue weighted by atomic mass is 10.1. The molecular weight excluding hydrogens is 354 g/mol. The van der Waals surface area contributed by atoms with Crippen LogP contribution in [0, 0.1) is 0 Å². The van der Waals surface area contributed by atoms with E-state index < -0.39 is 0 Å². The van der Waals surface area contributed by atoms with E-state index in [0.717, 1.165) is 18.4 Å². The first-order valence-electron chi connectivity index (χ1n) is 9.14. The summed E-state index contributed by atoms with van der Waals surface area (Å²) >= 11 is 0. The van der Waals surface area contributed by atoms with Crippen LogP contribution in [0.4, 0.5) is 5.69 Å². The lowest BCUT2D eigenvalue weighted by Crippen LogP contribution is -2.25. The molecule has 3 amide bonds. The molecule has 0 bridgehead atoms. The molecule has 28 heavy (non-hydrogen) atoms. The predicted octanol–water partition coefficient (Wildman–Crippen LogP) is 2.93. The van der Waals surface area contributed by atoms with Gasteiger partial charge >= 0.3 is 0 Å². The van der Waals surface area contributed by atoms with Gasteiger partial charge in [-0.3, -0.25) is 14.4 Å². The Labute approximate surface area is 164 Å². The second kappa shape index (κ2) is 8.52. The number of hydrogen-bond donors (Lipinski definition) is 2. The number of nitrogens with zero attached hydrogens (tertiary/aromatic N) is 1. The molecule has 2 N–H and O–H groups in total. The van der Waals surface area contributed by atoms with Gasteiger partial charge in [0, 0.05) is 43.0 Å². The smallest absolute Gasteiger partial charge is 0.253 e. The molecule has 144 valence electrons. The van der Waals surface area contributed by atoms with Gasteiger partial charge in [0.1, 0.15) is 0 Å². The van der Waals surface area contributed by atoms with E-state index in [-0.39, 0.29) is 17.7 Å². The summed E-state index contributed by atoms with van der Waals surface area (Å²) in [7, 11) is 3.36. The summed E-state index contributed by atoms with van der Waals surface area (Å²) in [5.74, 6) is -0.495. The van der Waals surface area contributed by atoms with E-state index in [0.29, 0.717) is 22.9 Å². The molecule has 0 atom stereocenters. The van der Waals surface area contributed by atoms with Crippen LogP contribution in [0.15, 0.2) is 54.6 Å². The van der Waals surface area contributed by atoms with Crippen molar-refractivity contribution in [2.45, 2.75) is 18.9 Å². The normalized spacial score (nSPS) is 13.2. The molecule has 0 aliphatic heterocycles. The summed E-state index contributed by atoms with van der Waals surface area (Å²) in [4.78, 5) is 37.6. The fourth-order valence-corrected chi connectivity index (χ4v) is 2.59. The van der Waals surface area contributed by atoms with Crippen LogP contribution in [0.3, 0.4) is 0 Å². The fourth-order valence-electron chi connectivity index (χ4n) is 2.59. The Morgan fingerprint density at radius 3 is 2.36 bits per heavy atom. The molecule has 1 aliphatic carbocycles. The highest BCUT2D eigenvalue weighted by atomic mass is 16.2. The van der Waals surface area contributed by atoms with Crippen LogP contribution in [0.25, 0.3) is 6.08 Å². The highest BCUT2D eigenvalue weighted by Gasteiger charge is 2.23. The summed E-state index contributed by atoms with van der Waals surface area (Å²) in [6.45, 7) is 0. The van der Waals surface area contributed by atoms with Gasteiger partial charge < -0.3 is 15.5 Å². The Morgan fingerprint density at radius 2 is 1.71 bits per heavy atom. The summed E-state index contributed by atoms with van der Waals surface area (Å²) in [6, 6.07) is 14.2. The van der Waals surface area contributed by atoms with Crippen LogP contribution in [0.2, 0.25) is 0 Å². The van der Waals surface area contributed by atoms with Gasteiger partial charge in [-0.05, 0) is 54.8 Å². The Bertz CT molecular complexity index is 913. The van der Waals surface area contributed by atoms with E-state index in [4.69, 9.17) is 0 Å². The third kappa shape index (κ3) is 5.30. The predicted molar refractivity (Wildman–Crippen MR) is 109 cm³/mol. The van der Waals surface area contributed by atoms with Crippen LogP contribution in [0.5, 0.6) is 0 Å². The van der Waals surface area contributed by atoms with Gasteiger partial charge in [-0.15, -0.1) is 0 Å². The molecule has 1 aliphatic rings. The molecule has 0 unspecified atom stereocenters. The standard InChI is InChI=1S/C22H23N3O3/c1-25(2)22(28)17-4-3-5-19(14-17)23-20(26)13-8-15-6-9-16(10-7-15)21(27)24-18-11-12-18/h3-10,13-14,18H,11-12H2,1-2H3,(H,23,26)(H,24,27)/b13-8+. The van der Waals surface area contributed by atoms with Crippen LogP contribution in [-0.2, 0) is 4.79 Å². The molecule has 6 heteroatoms. The van der Waals surface area contributed by atoms with Crippen LogP contribution < -0.4 is 10.6 Å². The minimum absolute atomic E-state index is 0.0667. The number of amides is 3. The van der Waals surface area contributed by atoms with Crippen molar-refractivity contribution in [3.63, 3.8) is 0 Å². The van der Waals surface area contributed by atoms with Crippen molar-refractivity contribution < 1.29 is 14.4 Å². The molecule has 0 heterocycles. The molecule has 1 fully saturated rings. The highest BCUT2D eigenvalue weighted by molar-refractivity contribution is 6.03. The molecule has 0 saturated heterocycles. The highest BCUT2D eigenvalue weighted by Crippen LogP contribution is 2.19. The third-order valence-electron chi connectivity index (χ3n) is 4.30. The number of carbonyl (C=O) groups is 3. The molecule has 3 rings (SSSR count). The quantitative estimate of drug-likeness (QED) is 0.760. The first-order valence-corrected chi connectivity index (χ1v) is 9.14. The van der Waals surface area contributed by atoms with Crippen molar-refractivity contribution in [2.75, 3.05) is 19.4 Å². The number of carbonyl (C=O) groups excluding carboxylic acids is 3. The SMILES string of the molecule is CN(C)C(=O)c1cccc(NC(=O)/C=C/c2ccc(C(=O)NC3CC3)cc2)c1. The Balaban J connectivity index is 1.58. The van der Waals surface area contributed by atoms with Gasteiger partial charge in [-0.25, -0.2) is 0 Å². The summed E-state index contributed by atoms with van der Waals surface area (Å²) in [5, 5.41) is 5.68. The maximum Gasteiger partial charge on any atom is 0.253 e. The summed E-state index contributed by atoms with van der Waals surface area (Å²) < 4.78 is 0. The molecule has 2 aromatic carbocycles. The molecule has 0 spiro atoms. The van der Waals surface area contributed by atoms with Crippen LogP contribution >= 0.6 is 0 Å². The molecule has 6 nitrogen and oxygen atoms in total. The average Bonchev–Trinajstić information content (AvgIpc) is 3.50. The lowest BCUT2D eigenvalue weighted by Gasteiger charge is -2.11. The van der Waals surface area contributed by atoms with E-state index in [1.165, 1.54) is 11.0 Å². The zero-order chi connectivity index (χ0) is 20.1. The maximum atomic E-state index is 12.1. The molecule has 0 aromatic heterocycles. The molecule has 1 saturated carbocycles. The van der Waals surface area contributed by atoms with Crippen molar-refractivity contribution in [2.24, 2.45) is 0 Å². The van der Waals surface area contributed by atoms with Gasteiger partial charge in [0.2, 0.25) is 5.91 Å². The molecule has 0 radical (unpaired) electrons. The van der Waals surface area contributed by atoms with Crippen LogP contribution in [0.1, 0.15) is 39.1 Å². The van der Waals surface area contributed by atoms with Crippen molar-refractivity contribution in [3.8, 4) is 0 Å². The summed E-state index contributed by atoms with van der Waals surface area (Å²) in [6.07, 6.45) is 5.19. The van der Waals surface area contributed by atoms with E-state index in [1.807, 2.05) is 0 Å². The largest absolute Gasteiger partial charge is 0.349 e. The number of rotatable bonds is 6. The first kappa shape index (κ1) is 19.4. The Hall–Kier alpha value is -3.41. The third-order valence-corrected chi connectivity index (χ3v) is 4.30. The number of nitrogens with one attached hydrogen (secondary N) is 2. The zero-order valence-electron chi connectivity index (χ0n) is 15.9. The second-order valence-corrected chi connectivity index (χ2v) is 6.97. The molecular formula is C22H23N3O3. The number of anilines is 1. The minimum Gasteiger partial charge on any atom is -0.349 e. The van der Waals surface area contributed by atoms with Crippen molar-refractivity contribution in [3.05, 3.63) is 71.3 Å². The van der Waals surface area contributed by atoms with Gasteiger partial charge in [0.15, 0.2) is 0 Å². The van der Waals surface area contributed by atoms with Gasteiger partial charge in [-0.2, -0.15) is 0 Å². The van der Waals surface area contributed by atoms with E-state index >= 15 is 0 Å². The van der Waals surface area contributed by atoms with Gasteiger partial charge in [0.25, 0.3) is 11.8 Å². The lowest BCUT2D eigenvalue weighted by molar-refractivity contribution is -0.111. The van der Waals surface area contributed by atoms with Gasteiger partial charge in [-0.1, -0.05) is 18.2 Å². The summed E-state index contributed by atoms with van der Waals surface area (Å²) in [5.41, 5.74) is 2.48. The molecule has 2 aromatic rings. The minimum atomic E-state index is -0.301. The number of benzene rings is 2. The number of hydrogen-bond acceptors (Lipinski definition) is 3. The van der Waals surface area contributed by atoms with Gasteiger partial charge in [0.05, 0.1) is 0 Å². The Morgan fingerprint density at radius 1 is 1.00 bits per heavy atom. The Kier molecular flexibility index (Phi) is 5.89. The maximum absolute atomic E-state index is 12.1. The van der Waals surface area contributed by atoms with Crippen molar-refractivity contribution in [1.82, 2.24) is 10.2 Å². The van der Waals surface area contributed by atoms with Crippen LogP contribution in [-0.4, -0.2) is 42.8 Å². The second-order valence-electron chi connectivity index (χ2n) is 6.97. The first-order chi connectivity index (χ1) is 13.4. The van der Waals surface area contributed by atoms with E-state index in [2.05, 4.69) is 10.6 Å².